The molecule has 2 N–H and O–H groups in total. The molecule has 0 aliphatic carbocycles. The van der Waals surface area contributed by atoms with Crippen molar-refractivity contribution in [2.45, 2.75) is 26.3 Å². The highest BCUT2D eigenvalue weighted by molar-refractivity contribution is 5.97. The predicted molar refractivity (Wildman–Crippen MR) is 88.5 cm³/mol. The highest BCUT2D eigenvalue weighted by Gasteiger charge is 2.22. The summed E-state index contributed by atoms with van der Waals surface area (Å²) in [4.78, 5) is 24.2. The van der Waals surface area contributed by atoms with E-state index in [9.17, 15) is 9.59 Å². The lowest BCUT2D eigenvalue weighted by molar-refractivity contribution is 0.0938. The van der Waals surface area contributed by atoms with Gasteiger partial charge >= 0.3 is 0 Å². The van der Waals surface area contributed by atoms with E-state index in [0.717, 1.165) is 12.0 Å². The van der Waals surface area contributed by atoms with Gasteiger partial charge in [0.25, 0.3) is 11.8 Å². The first-order valence-electron chi connectivity index (χ1n) is 7.73. The van der Waals surface area contributed by atoms with E-state index >= 15 is 0 Å². The van der Waals surface area contributed by atoms with E-state index in [1.807, 2.05) is 44.2 Å². The summed E-state index contributed by atoms with van der Waals surface area (Å²) in [5, 5.41) is 9.70. The largest absolute Gasteiger partial charge is 0.354 e. The van der Waals surface area contributed by atoms with Gasteiger partial charge in [-0.15, -0.1) is 0 Å². The molecular weight excluding hydrogens is 292 g/mol. The second kappa shape index (κ2) is 7.58. The first-order valence-corrected chi connectivity index (χ1v) is 7.73. The summed E-state index contributed by atoms with van der Waals surface area (Å²) in [5.41, 5.74) is 1.63. The molecule has 0 radical (unpaired) electrons. The Morgan fingerprint density at radius 2 is 1.91 bits per heavy atom. The fourth-order valence-electron chi connectivity index (χ4n) is 2.30. The summed E-state index contributed by atoms with van der Waals surface area (Å²) in [6, 6.07) is 11.1. The first kappa shape index (κ1) is 16.7. The van der Waals surface area contributed by atoms with Crippen molar-refractivity contribution in [3.05, 3.63) is 53.3 Å². The van der Waals surface area contributed by atoms with Gasteiger partial charge in [-0.3, -0.25) is 14.3 Å². The molecule has 1 aromatic carbocycles. The van der Waals surface area contributed by atoms with Crippen LogP contribution < -0.4 is 10.6 Å². The minimum Gasteiger partial charge on any atom is -0.354 e. The molecule has 2 amide bonds. The predicted octanol–water partition coefficient (Wildman–Crippen LogP) is 1.99. The maximum atomic E-state index is 12.4. The molecule has 2 rings (SSSR count). The van der Waals surface area contributed by atoms with E-state index in [-0.39, 0.29) is 23.6 Å². The average Bonchev–Trinajstić information content (AvgIpc) is 3.04. The average molecular weight is 314 g/mol. The van der Waals surface area contributed by atoms with Crippen molar-refractivity contribution < 1.29 is 9.59 Å². The Morgan fingerprint density at radius 3 is 2.52 bits per heavy atom. The van der Waals surface area contributed by atoms with Gasteiger partial charge in [0.05, 0.1) is 6.04 Å². The molecule has 0 spiro atoms. The zero-order valence-electron chi connectivity index (χ0n) is 13.7. The lowest BCUT2D eigenvalue weighted by Gasteiger charge is -2.15. The number of hydrogen-bond acceptors (Lipinski definition) is 3. The minimum absolute atomic E-state index is 0.156. The number of benzene rings is 1. The van der Waals surface area contributed by atoms with Gasteiger partial charge in [-0.1, -0.05) is 37.3 Å². The molecule has 6 heteroatoms. The molecule has 0 saturated carbocycles. The standard InChI is InChI=1S/C17H22N4O2/c1-4-10-19-17(23)15-11-14(16(22)18-3)20-21(15)12(2)13-8-6-5-7-9-13/h5-9,11-12H,4,10H2,1-3H3,(H,18,22)(H,19,23)/t12-/m0/s1. The van der Waals surface area contributed by atoms with Crippen LogP contribution in [0.1, 0.15) is 52.9 Å². The molecule has 122 valence electrons. The van der Waals surface area contributed by atoms with Crippen molar-refractivity contribution >= 4 is 11.8 Å². The van der Waals surface area contributed by atoms with Crippen molar-refractivity contribution in [1.82, 2.24) is 20.4 Å². The zero-order chi connectivity index (χ0) is 16.8. The van der Waals surface area contributed by atoms with Gasteiger partial charge in [0.2, 0.25) is 0 Å². The number of nitrogens with zero attached hydrogens (tertiary/aromatic N) is 2. The Hall–Kier alpha value is -2.63. The Bertz CT molecular complexity index is 679. The molecule has 1 aromatic heterocycles. The molecule has 2 aromatic rings. The van der Waals surface area contributed by atoms with Gasteiger partial charge in [-0.2, -0.15) is 5.10 Å². The highest BCUT2D eigenvalue weighted by Crippen LogP contribution is 2.20. The molecule has 23 heavy (non-hydrogen) atoms. The maximum Gasteiger partial charge on any atom is 0.271 e. The van der Waals surface area contributed by atoms with Crippen LogP contribution in [0.4, 0.5) is 0 Å². The molecule has 0 bridgehead atoms. The molecule has 0 saturated heterocycles. The third-order valence-corrected chi connectivity index (χ3v) is 3.61. The number of carbonyl (C=O) groups is 2. The first-order chi connectivity index (χ1) is 11.1. The van der Waals surface area contributed by atoms with Crippen molar-refractivity contribution in [1.29, 1.82) is 0 Å². The van der Waals surface area contributed by atoms with E-state index in [2.05, 4.69) is 15.7 Å². The van der Waals surface area contributed by atoms with Crippen LogP contribution in [0.2, 0.25) is 0 Å². The third kappa shape index (κ3) is 3.77. The Labute approximate surface area is 135 Å². The topological polar surface area (TPSA) is 76.0 Å². The van der Waals surface area contributed by atoms with Gasteiger partial charge < -0.3 is 10.6 Å². The Balaban J connectivity index is 2.41. The fourth-order valence-corrected chi connectivity index (χ4v) is 2.30. The minimum atomic E-state index is -0.312. The molecule has 0 unspecified atom stereocenters. The van der Waals surface area contributed by atoms with Crippen LogP contribution in [0.15, 0.2) is 36.4 Å². The van der Waals surface area contributed by atoms with Crippen molar-refractivity contribution in [3.8, 4) is 0 Å². The van der Waals surface area contributed by atoms with E-state index in [0.29, 0.717) is 12.2 Å². The second-order valence-electron chi connectivity index (χ2n) is 5.28. The smallest absolute Gasteiger partial charge is 0.271 e. The van der Waals surface area contributed by atoms with E-state index in [4.69, 9.17) is 0 Å². The lowest BCUT2D eigenvalue weighted by atomic mass is 10.1. The summed E-state index contributed by atoms with van der Waals surface area (Å²) in [6.45, 7) is 4.52. The molecule has 6 nitrogen and oxygen atoms in total. The van der Waals surface area contributed by atoms with Crippen molar-refractivity contribution in [2.75, 3.05) is 13.6 Å². The van der Waals surface area contributed by atoms with Gasteiger partial charge in [0.15, 0.2) is 5.69 Å². The van der Waals surface area contributed by atoms with Gasteiger partial charge in [-0.25, -0.2) is 0 Å². The van der Waals surface area contributed by atoms with Crippen molar-refractivity contribution in [2.24, 2.45) is 0 Å². The zero-order valence-corrected chi connectivity index (χ0v) is 13.7. The van der Waals surface area contributed by atoms with E-state index in [1.54, 1.807) is 11.7 Å². The summed E-state index contributed by atoms with van der Waals surface area (Å²) < 4.78 is 1.60. The molecule has 1 atom stereocenters. The van der Waals surface area contributed by atoms with Crippen LogP contribution in [0, 0.1) is 0 Å². The summed E-state index contributed by atoms with van der Waals surface area (Å²) in [6.07, 6.45) is 0.844. The fraction of sp³-hybridized carbons (Fsp3) is 0.353. The molecule has 0 aliphatic heterocycles. The van der Waals surface area contributed by atoms with E-state index < -0.39 is 0 Å². The maximum absolute atomic E-state index is 12.4. The van der Waals surface area contributed by atoms with Gasteiger partial charge in [-0.05, 0) is 18.9 Å². The van der Waals surface area contributed by atoms with Gasteiger partial charge in [0, 0.05) is 19.7 Å². The second-order valence-corrected chi connectivity index (χ2v) is 5.28. The molecule has 0 fully saturated rings. The highest BCUT2D eigenvalue weighted by atomic mass is 16.2. The van der Waals surface area contributed by atoms with E-state index in [1.165, 1.54) is 6.07 Å². The quantitative estimate of drug-likeness (QED) is 0.856. The lowest BCUT2D eigenvalue weighted by Crippen LogP contribution is -2.27. The number of amides is 2. The number of rotatable bonds is 6. The van der Waals surface area contributed by atoms with Crippen LogP contribution in [-0.2, 0) is 0 Å². The Morgan fingerprint density at radius 1 is 1.22 bits per heavy atom. The third-order valence-electron chi connectivity index (χ3n) is 3.61. The number of hydrogen-bond donors (Lipinski definition) is 2. The SMILES string of the molecule is CCCNC(=O)c1cc(C(=O)NC)nn1[C@@H](C)c1ccccc1. The van der Waals surface area contributed by atoms with Crippen molar-refractivity contribution in [3.63, 3.8) is 0 Å². The number of carbonyl (C=O) groups excluding carboxylic acids is 2. The van der Waals surface area contributed by atoms with Crippen LogP contribution in [0.3, 0.4) is 0 Å². The monoisotopic (exact) mass is 314 g/mol. The summed E-state index contributed by atoms with van der Waals surface area (Å²) in [7, 11) is 1.54. The van der Waals surface area contributed by atoms with Crippen LogP contribution in [0.25, 0.3) is 0 Å². The Kier molecular flexibility index (Phi) is 5.51. The molecule has 0 aliphatic rings. The molecular formula is C17H22N4O2. The number of nitrogens with one attached hydrogen (secondary N) is 2. The number of aromatic nitrogens is 2. The normalized spacial score (nSPS) is 11.8. The van der Waals surface area contributed by atoms with Gasteiger partial charge in [0.1, 0.15) is 5.69 Å². The molecule has 1 heterocycles. The van der Waals surface area contributed by atoms with Crippen LogP contribution in [0.5, 0.6) is 0 Å². The van der Waals surface area contributed by atoms with Crippen LogP contribution >= 0.6 is 0 Å². The summed E-state index contributed by atoms with van der Waals surface area (Å²) in [5.74, 6) is -0.536. The summed E-state index contributed by atoms with van der Waals surface area (Å²) >= 11 is 0. The van der Waals surface area contributed by atoms with Crippen LogP contribution in [-0.4, -0.2) is 35.2 Å².